The number of benzene rings is 2. The second kappa shape index (κ2) is 4.40. The lowest BCUT2D eigenvalue weighted by molar-refractivity contribution is 1.43. The Hall–Kier alpha value is -3.12. The number of rotatable bonds is 1. The highest BCUT2D eigenvalue weighted by Gasteiger charge is 2.34. The molecule has 0 atom stereocenters. The Balaban J connectivity index is 2.70. The van der Waals surface area contributed by atoms with Crippen molar-refractivity contribution in [2.24, 2.45) is 0 Å². The summed E-state index contributed by atoms with van der Waals surface area (Å²) < 4.78 is 0. The fourth-order valence-corrected chi connectivity index (χ4v) is 1.70. The zero-order valence-corrected chi connectivity index (χ0v) is 9.41. The normalized spacial score (nSPS) is 9.44. The molecule has 2 rings (SSSR count). The fourth-order valence-electron chi connectivity index (χ4n) is 1.70. The van der Waals surface area contributed by atoms with Crippen molar-refractivity contribution >= 4 is 22.7 Å². The molecule has 0 aliphatic rings. The van der Waals surface area contributed by atoms with Crippen LogP contribution in [0.4, 0.5) is 22.7 Å². The van der Waals surface area contributed by atoms with E-state index in [0.717, 1.165) is 5.56 Å². The molecule has 2 aromatic carbocycles. The van der Waals surface area contributed by atoms with Crippen LogP contribution < -0.4 is 11.5 Å². The van der Waals surface area contributed by atoms with E-state index in [1.165, 1.54) is 0 Å². The smallest absolute Gasteiger partial charge is 0.399 e. The van der Waals surface area contributed by atoms with Gasteiger partial charge in [-0.15, -0.1) is 0 Å². The maximum Gasteiger partial charge on any atom is 0.501 e. The van der Waals surface area contributed by atoms with E-state index in [1.807, 2.05) is 0 Å². The number of nitrogens with two attached hydrogens (primary N) is 2. The Bertz CT molecular complexity index is 675. The van der Waals surface area contributed by atoms with E-state index in [4.69, 9.17) is 22.3 Å². The summed E-state index contributed by atoms with van der Waals surface area (Å²) in [6.07, 6.45) is 0. The summed E-state index contributed by atoms with van der Waals surface area (Å²) in [5, 5.41) is 17.9. The molecule has 0 amide bonds. The van der Waals surface area contributed by atoms with Gasteiger partial charge >= 0.3 is 11.4 Å². The largest absolute Gasteiger partial charge is 0.501 e. The standard InChI is InChI=1S/C12H9N6/c13-8-3-1-7(2-4-8)9-5-6-10(14)12(18-16)11(9)17-15/h1-6,13-14,16H/q+1/p+1. The topological polar surface area (TPSA) is 108 Å². The molecule has 4 N–H and O–H groups in total. The summed E-state index contributed by atoms with van der Waals surface area (Å²) in [5.74, 6) is 0. The molecule has 86 valence electrons. The summed E-state index contributed by atoms with van der Waals surface area (Å²) in [7, 11) is 0. The van der Waals surface area contributed by atoms with Crippen molar-refractivity contribution in [2.75, 3.05) is 11.5 Å². The predicted molar refractivity (Wildman–Crippen MR) is 70.2 cm³/mol. The third-order valence-electron chi connectivity index (χ3n) is 2.60. The van der Waals surface area contributed by atoms with Crippen LogP contribution >= 0.6 is 0 Å². The SMILES string of the molecule is N#[N+]c1c(N)ccc(-c2ccc(N)cc2)c1[N+]#N. The number of nitrogens with zero attached hydrogens (tertiary/aromatic N) is 4. The van der Waals surface area contributed by atoms with Crippen LogP contribution in [-0.4, -0.2) is 0 Å². The van der Waals surface area contributed by atoms with Crippen LogP contribution in [0.3, 0.4) is 0 Å². The minimum atomic E-state index is 0.0341. The minimum Gasteiger partial charge on any atom is -0.399 e. The van der Waals surface area contributed by atoms with Gasteiger partial charge in [-0.3, -0.25) is 0 Å². The number of diazo groups is 2. The van der Waals surface area contributed by atoms with Crippen molar-refractivity contribution in [3.05, 3.63) is 46.4 Å². The quantitative estimate of drug-likeness (QED) is 0.585. The number of hydrogen-bond acceptors (Lipinski definition) is 4. The summed E-state index contributed by atoms with van der Waals surface area (Å²) in [6, 6.07) is 10.3. The second-order valence-electron chi connectivity index (χ2n) is 3.72. The molecule has 0 radical (unpaired) electrons. The van der Waals surface area contributed by atoms with Crippen molar-refractivity contribution in [3.8, 4) is 11.1 Å². The van der Waals surface area contributed by atoms with Crippen LogP contribution in [0.15, 0.2) is 36.4 Å². The molecule has 0 saturated heterocycles. The van der Waals surface area contributed by atoms with Crippen LogP contribution in [0.2, 0.25) is 0 Å². The molecule has 2 aromatic rings. The van der Waals surface area contributed by atoms with Crippen LogP contribution in [-0.2, 0) is 0 Å². The van der Waals surface area contributed by atoms with E-state index in [0.29, 0.717) is 11.3 Å². The molecule has 0 aliphatic carbocycles. The van der Waals surface area contributed by atoms with Crippen molar-refractivity contribution in [2.45, 2.75) is 0 Å². The van der Waals surface area contributed by atoms with E-state index in [1.54, 1.807) is 36.4 Å². The van der Waals surface area contributed by atoms with Gasteiger partial charge in [-0.1, -0.05) is 12.1 Å². The number of hydrogen-bond donors (Lipinski definition) is 2. The van der Waals surface area contributed by atoms with Gasteiger partial charge in [0.25, 0.3) is 0 Å². The Morgan fingerprint density at radius 2 is 1.39 bits per heavy atom. The fraction of sp³-hybridized carbons (Fsp3) is 0. The number of anilines is 2. The average molecular weight is 238 g/mol. The summed E-state index contributed by atoms with van der Waals surface area (Å²) >= 11 is 0. The molecule has 6 nitrogen and oxygen atoms in total. The van der Waals surface area contributed by atoms with Crippen molar-refractivity contribution in [1.82, 2.24) is 0 Å². The van der Waals surface area contributed by atoms with E-state index in [9.17, 15) is 0 Å². The zero-order chi connectivity index (χ0) is 13.1. The second-order valence-corrected chi connectivity index (χ2v) is 3.72. The lowest BCUT2D eigenvalue weighted by Gasteiger charge is -1.99. The highest BCUT2D eigenvalue weighted by molar-refractivity contribution is 5.94. The van der Waals surface area contributed by atoms with Gasteiger partial charge < -0.3 is 11.5 Å². The molecule has 6 heteroatoms. The lowest BCUT2D eigenvalue weighted by Crippen LogP contribution is -1.88. The molecule has 0 fully saturated rings. The van der Waals surface area contributed by atoms with Gasteiger partial charge in [-0.05, 0) is 29.8 Å². The average Bonchev–Trinajstić information content (AvgIpc) is 2.39. The molecule has 0 unspecified atom stereocenters. The van der Waals surface area contributed by atoms with Gasteiger partial charge in [0.2, 0.25) is 10.8 Å². The monoisotopic (exact) mass is 238 g/mol. The molecule has 0 bridgehead atoms. The first-order valence-electron chi connectivity index (χ1n) is 5.16. The lowest BCUT2D eigenvalue weighted by atomic mass is 10.0. The molecule has 0 aliphatic heterocycles. The molecule has 0 aromatic heterocycles. The van der Waals surface area contributed by atoms with Crippen LogP contribution in [0.5, 0.6) is 0 Å². The first kappa shape index (κ1) is 11.4. The highest BCUT2D eigenvalue weighted by atomic mass is 14.9. The summed E-state index contributed by atoms with van der Waals surface area (Å²) in [4.78, 5) is 6.18. The number of nitrogen functional groups attached to an aromatic ring is 2. The minimum absolute atomic E-state index is 0.0341. The molecule has 18 heavy (non-hydrogen) atoms. The first-order valence-corrected chi connectivity index (χ1v) is 5.16. The van der Waals surface area contributed by atoms with Crippen molar-refractivity contribution in [1.29, 1.82) is 10.8 Å². The Labute approximate surface area is 103 Å². The van der Waals surface area contributed by atoms with Gasteiger partial charge in [-0.2, -0.15) is 0 Å². The highest BCUT2D eigenvalue weighted by Crippen LogP contribution is 2.42. The Morgan fingerprint density at radius 3 is 1.94 bits per heavy atom. The van der Waals surface area contributed by atoms with E-state index in [-0.39, 0.29) is 17.1 Å². The van der Waals surface area contributed by atoms with Crippen molar-refractivity contribution < 1.29 is 0 Å². The maximum atomic E-state index is 9.04. The Kier molecular flexibility index (Phi) is 2.78. The Morgan fingerprint density at radius 1 is 0.778 bits per heavy atom. The van der Waals surface area contributed by atoms with Crippen LogP contribution in [0.25, 0.3) is 21.1 Å². The summed E-state index contributed by atoms with van der Waals surface area (Å²) in [5.41, 5.74) is 13.6. The van der Waals surface area contributed by atoms with Crippen molar-refractivity contribution in [3.63, 3.8) is 0 Å². The van der Waals surface area contributed by atoms with Gasteiger partial charge in [0, 0.05) is 5.69 Å². The van der Waals surface area contributed by atoms with Gasteiger partial charge in [0.15, 0.2) is 9.95 Å². The molecule has 0 spiro atoms. The van der Waals surface area contributed by atoms with Gasteiger partial charge in [0.05, 0.1) is 5.56 Å². The molecule has 0 heterocycles. The maximum absolute atomic E-state index is 9.04. The molecular weight excluding hydrogens is 228 g/mol. The van der Waals surface area contributed by atoms with Gasteiger partial charge in [-0.25, -0.2) is 0 Å². The zero-order valence-electron chi connectivity index (χ0n) is 9.41. The molecule has 0 saturated carbocycles. The predicted octanol–water partition coefficient (Wildman–Crippen LogP) is 3.49. The van der Waals surface area contributed by atoms with E-state index in [2.05, 4.69) is 9.95 Å². The van der Waals surface area contributed by atoms with Gasteiger partial charge in [0.1, 0.15) is 5.69 Å². The molecular formula is C12H10N6+2. The van der Waals surface area contributed by atoms with Crippen LogP contribution in [0.1, 0.15) is 0 Å². The van der Waals surface area contributed by atoms with E-state index >= 15 is 0 Å². The third kappa shape index (κ3) is 1.79. The first-order chi connectivity index (χ1) is 8.67. The summed E-state index contributed by atoms with van der Waals surface area (Å²) in [6.45, 7) is 0. The van der Waals surface area contributed by atoms with E-state index < -0.39 is 0 Å². The third-order valence-corrected chi connectivity index (χ3v) is 2.60. The van der Waals surface area contributed by atoms with Crippen LogP contribution in [0, 0.1) is 10.8 Å².